The number of nitrogens with zero attached hydrogens (tertiary/aromatic N) is 2. The Morgan fingerprint density at radius 3 is 2.82 bits per heavy atom. The average molecular weight is 251 g/mol. The molecular weight excluding hydrogens is 232 g/mol. The van der Waals surface area contributed by atoms with Crippen molar-refractivity contribution in [3.05, 3.63) is 30.1 Å². The number of fused-ring (bicyclic) bond motifs is 1. The number of aromatic nitrogens is 2. The van der Waals surface area contributed by atoms with Crippen LogP contribution in [-0.4, -0.2) is 15.4 Å². The quantitative estimate of drug-likeness (QED) is 0.737. The van der Waals surface area contributed by atoms with Crippen LogP contribution in [0.25, 0.3) is 11.0 Å². The lowest BCUT2D eigenvalue weighted by Gasteiger charge is -2.13. The Kier molecular flexibility index (Phi) is 4.06. The number of halogens is 1. The third-order valence-electron chi connectivity index (χ3n) is 3.24. The first-order valence-corrected chi connectivity index (χ1v) is 6.79. The van der Waals surface area contributed by atoms with Crippen molar-refractivity contribution in [1.82, 2.24) is 9.55 Å². The van der Waals surface area contributed by atoms with Gasteiger partial charge in [0.2, 0.25) is 0 Å². The highest BCUT2D eigenvalue weighted by Gasteiger charge is 2.11. The summed E-state index contributed by atoms with van der Waals surface area (Å²) >= 11 is 5.85. The molecule has 0 aliphatic heterocycles. The molecular formula is C14H19ClN2. The predicted octanol–water partition coefficient (Wildman–Crippen LogP) is 3.86. The third-order valence-corrected chi connectivity index (χ3v) is 3.43. The van der Waals surface area contributed by atoms with E-state index in [2.05, 4.69) is 41.6 Å². The van der Waals surface area contributed by atoms with Crippen LogP contribution in [0.3, 0.4) is 0 Å². The van der Waals surface area contributed by atoms with Crippen LogP contribution in [0.15, 0.2) is 24.3 Å². The molecule has 1 aromatic carbocycles. The molecule has 3 heteroatoms. The van der Waals surface area contributed by atoms with Crippen molar-refractivity contribution >= 4 is 22.6 Å². The average Bonchev–Trinajstić information content (AvgIpc) is 2.68. The van der Waals surface area contributed by atoms with Crippen LogP contribution < -0.4 is 0 Å². The summed E-state index contributed by atoms with van der Waals surface area (Å²) in [4.78, 5) is 4.67. The van der Waals surface area contributed by atoms with Gasteiger partial charge >= 0.3 is 0 Å². The van der Waals surface area contributed by atoms with Crippen molar-refractivity contribution < 1.29 is 0 Å². The molecule has 0 saturated heterocycles. The molecule has 1 heterocycles. The molecule has 2 rings (SSSR count). The molecule has 2 aromatic rings. The first kappa shape index (κ1) is 12.4. The summed E-state index contributed by atoms with van der Waals surface area (Å²) in [5, 5.41) is 0. The number of para-hydroxylation sites is 2. The van der Waals surface area contributed by atoms with Crippen LogP contribution in [0, 0.1) is 5.92 Å². The second kappa shape index (κ2) is 5.54. The Labute approximate surface area is 108 Å². The second-order valence-electron chi connectivity index (χ2n) is 4.58. The number of imidazole rings is 1. The van der Waals surface area contributed by atoms with Crippen LogP contribution in [0.1, 0.15) is 26.1 Å². The van der Waals surface area contributed by atoms with E-state index in [9.17, 15) is 0 Å². The van der Waals surface area contributed by atoms with Crippen LogP contribution in [0.2, 0.25) is 0 Å². The maximum Gasteiger partial charge on any atom is 0.111 e. The first-order valence-electron chi connectivity index (χ1n) is 6.26. The monoisotopic (exact) mass is 250 g/mol. The van der Waals surface area contributed by atoms with Crippen molar-refractivity contribution in [2.45, 2.75) is 33.2 Å². The molecule has 0 amide bonds. The molecule has 0 N–H and O–H groups in total. The van der Waals surface area contributed by atoms with Gasteiger partial charge in [0, 0.05) is 18.8 Å². The first-order chi connectivity index (χ1) is 8.26. The number of alkyl halides is 1. The van der Waals surface area contributed by atoms with E-state index in [4.69, 9.17) is 11.6 Å². The van der Waals surface area contributed by atoms with Crippen LogP contribution in [0.4, 0.5) is 0 Å². The van der Waals surface area contributed by atoms with E-state index in [1.807, 2.05) is 6.07 Å². The van der Waals surface area contributed by atoms with Crippen molar-refractivity contribution in [2.24, 2.45) is 5.92 Å². The van der Waals surface area contributed by atoms with Gasteiger partial charge in [0.1, 0.15) is 5.82 Å². The zero-order chi connectivity index (χ0) is 12.3. The summed E-state index contributed by atoms with van der Waals surface area (Å²) < 4.78 is 2.33. The van der Waals surface area contributed by atoms with Gasteiger partial charge in [-0.2, -0.15) is 0 Å². The molecule has 1 unspecified atom stereocenters. The summed E-state index contributed by atoms with van der Waals surface area (Å²) in [5.74, 6) is 2.41. The van der Waals surface area contributed by atoms with Gasteiger partial charge in [0.15, 0.2) is 0 Å². The highest BCUT2D eigenvalue weighted by atomic mass is 35.5. The largest absolute Gasteiger partial charge is 0.328 e. The van der Waals surface area contributed by atoms with E-state index >= 15 is 0 Å². The van der Waals surface area contributed by atoms with Gasteiger partial charge in [-0.05, 0) is 18.1 Å². The van der Waals surface area contributed by atoms with E-state index in [1.54, 1.807) is 0 Å². The Morgan fingerprint density at radius 1 is 1.35 bits per heavy atom. The van der Waals surface area contributed by atoms with Crippen molar-refractivity contribution in [1.29, 1.82) is 0 Å². The molecule has 2 nitrogen and oxygen atoms in total. The van der Waals surface area contributed by atoms with E-state index in [-0.39, 0.29) is 0 Å². The fourth-order valence-electron chi connectivity index (χ4n) is 2.05. The van der Waals surface area contributed by atoms with Crippen LogP contribution in [0.5, 0.6) is 0 Å². The van der Waals surface area contributed by atoms with E-state index in [0.29, 0.717) is 11.8 Å². The molecule has 0 aliphatic carbocycles. The highest BCUT2D eigenvalue weighted by molar-refractivity contribution is 6.17. The van der Waals surface area contributed by atoms with E-state index in [1.165, 1.54) is 11.9 Å². The van der Waals surface area contributed by atoms with Crippen molar-refractivity contribution in [2.75, 3.05) is 5.88 Å². The smallest absolute Gasteiger partial charge is 0.111 e. The number of hydrogen-bond acceptors (Lipinski definition) is 1. The maximum atomic E-state index is 5.85. The van der Waals surface area contributed by atoms with Gasteiger partial charge < -0.3 is 4.57 Å². The lowest BCUT2D eigenvalue weighted by molar-refractivity contribution is 0.466. The summed E-state index contributed by atoms with van der Waals surface area (Å²) in [6.07, 6.45) is 2.03. The second-order valence-corrected chi connectivity index (χ2v) is 4.96. The SMILES string of the molecule is CCC(C)Cn1c(CCCl)nc2ccccc21. The van der Waals surface area contributed by atoms with Crippen LogP contribution in [-0.2, 0) is 13.0 Å². The van der Waals surface area contributed by atoms with Crippen LogP contribution >= 0.6 is 11.6 Å². The lowest BCUT2D eigenvalue weighted by atomic mass is 10.1. The van der Waals surface area contributed by atoms with E-state index in [0.717, 1.165) is 24.3 Å². The molecule has 0 bridgehead atoms. The minimum atomic E-state index is 0.629. The van der Waals surface area contributed by atoms with Crippen molar-refractivity contribution in [3.63, 3.8) is 0 Å². The summed E-state index contributed by atoms with van der Waals surface area (Å²) in [7, 11) is 0. The van der Waals surface area contributed by atoms with Gasteiger partial charge in [-0.25, -0.2) is 4.98 Å². The fraction of sp³-hybridized carbons (Fsp3) is 0.500. The zero-order valence-corrected chi connectivity index (χ0v) is 11.2. The molecule has 0 fully saturated rings. The number of rotatable bonds is 5. The van der Waals surface area contributed by atoms with Gasteiger partial charge in [-0.3, -0.25) is 0 Å². The number of aryl methyl sites for hydroxylation is 1. The standard InChI is InChI=1S/C14H19ClN2/c1-3-11(2)10-17-13-7-5-4-6-12(13)16-14(17)8-9-15/h4-7,11H,3,8-10H2,1-2H3. The minimum absolute atomic E-state index is 0.629. The third kappa shape index (κ3) is 2.63. The minimum Gasteiger partial charge on any atom is -0.328 e. The predicted molar refractivity (Wildman–Crippen MR) is 73.6 cm³/mol. The molecule has 92 valence electrons. The topological polar surface area (TPSA) is 17.8 Å². The Balaban J connectivity index is 2.44. The fourth-order valence-corrected chi connectivity index (χ4v) is 2.21. The molecule has 17 heavy (non-hydrogen) atoms. The Bertz CT molecular complexity index is 490. The van der Waals surface area contributed by atoms with Gasteiger partial charge in [-0.15, -0.1) is 11.6 Å². The Hall–Kier alpha value is -1.02. The Morgan fingerprint density at radius 2 is 2.12 bits per heavy atom. The molecule has 0 aliphatic rings. The lowest BCUT2D eigenvalue weighted by Crippen LogP contribution is -2.10. The molecule has 0 saturated carbocycles. The normalized spacial score (nSPS) is 13.1. The van der Waals surface area contributed by atoms with Crippen molar-refractivity contribution in [3.8, 4) is 0 Å². The molecule has 0 spiro atoms. The van der Waals surface area contributed by atoms with Gasteiger partial charge in [-0.1, -0.05) is 32.4 Å². The zero-order valence-electron chi connectivity index (χ0n) is 10.5. The summed E-state index contributed by atoms with van der Waals surface area (Å²) in [6, 6.07) is 8.32. The summed E-state index contributed by atoms with van der Waals surface area (Å²) in [5.41, 5.74) is 2.31. The maximum absolute atomic E-state index is 5.85. The van der Waals surface area contributed by atoms with E-state index < -0.39 is 0 Å². The number of benzene rings is 1. The van der Waals surface area contributed by atoms with Gasteiger partial charge in [0.25, 0.3) is 0 Å². The molecule has 0 radical (unpaired) electrons. The molecule has 1 aromatic heterocycles. The summed E-state index contributed by atoms with van der Waals surface area (Å²) in [6.45, 7) is 5.54. The van der Waals surface area contributed by atoms with Gasteiger partial charge in [0.05, 0.1) is 11.0 Å². The molecule has 1 atom stereocenters. The number of hydrogen-bond donors (Lipinski definition) is 0. The highest BCUT2D eigenvalue weighted by Crippen LogP contribution is 2.19.